The molecule has 0 saturated heterocycles. The van der Waals surface area contributed by atoms with E-state index < -0.39 is 36.7 Å². The minimum absolute atomic E-state index is 0.0369. The van der Waals surface area contributed by atoms with E-state index in [0.717, 1.165) is 23.1 Å². The van der Waals surface area contributed by atoms with E-state index in [1.807, 2.05) is 6.07 Å². The Bertz CT molecular complexity index is 813. The van der Waals surface area contributed by atoms with E-state index in [4.69, 9.17) is 13.0 Å². The molecule has 0 bridgehead atoms. The van der Waals surface area contributed by atoms with Gasteiger partial charge in [0.05, 0.1) is 12.2 Å². The number of aryl methyl sites for hydroxylation is 1. The molecule has 3 rings (SSSR count). The number of halogens is 1. The molecule has 1 fully saturated rings. The predicted octanol–water partition coefficient (Wildman–Crippen LogP) is 2.67. The van der Waals surface area contributed by atoms with Crippen molar-refractivity contribution in [3.05, 3.63) is 69.7 Å². The molecular formula is C22H27ClO4. The Hall–Kier alpha value is -1.43. The lowest BCUT2D eigenvalue weighted by atomic mass is 9.73. The highest BCUT2D eigenvalue weighted by atomic mass is 35.5. The fraction of sp³-hybridized carbons (Fsp3) is 0.455. The maximum Gasteiger partial charge on any atom is 0.107 e. The first-order valence-corrected chi connectivity index (χ1v) is 9.68. The van der Waals surface area contributed by atoms with Crippen LogP contribution in [0, 0.1) is 5.89 Å². The smallest absolute Gasteiger partial charge is 0.107 e. The third-order valence-electron chi connectivity index (χ3n) is 5.51. The van der Waals surface area contributed by atoms with Gasteiger partial charge in [0.15, 0.2) is 0 Å². The standard InChI is InChI=1S/C22H27ClO4/c1-2-13-3-5-14(6-4-13)9-16-10-15(7-8-19(16)23)18-11-17(12-24)20(25)22(27)21(18)26/h3-8,10,17-18,20-22,24-27H,2,9,11-12H2,1H3/t17-,18+,20-,21+,22+/m1/s1/i17D. The molecule has 0 aliphatic heterocycles. The van der Waals surface area contributed by atoms with Crippen LogP contribution in [0.25, 0.3) is 0 Å². The summed E-state index contributed by atoms with van der Waals surface area (Å²) in [5.41, 5.74) is 3.99. The van der Waals surface area contributed by atoms with Gasteiger partial charge in [0.2, 0.25) is 0 Å². The number of hydrogen-bond acceptors (Lipinski definition) is 4. The van der Waals surface area contributed by atoms with E-state index in [1.165, 1.54) is 5.56 Å². The van der Waals surface area contributed by atoms with Crippen LogP contribution in [0.4, 0.5) is 0 Å². The molecule has 146 valence electrons. The summed E-state index contributed by atoms with van der Waals surface area (Å²) in [6, 6.07) is 13.7. The zero-order valence-electron chi connectivity index (χ0n) is 16.3. The van der Waals surface area contributed by atoms with Crippen LogP contribution in [0.5, 0.6) is 0 Å². The molecule has 4 nitrogen and oxygen atoms in total. The quantitative estimate of drug-likeness (QED) is 0.631. The van der Waals surface area contributed by atoms with Crippen molar-refractivity contribution in [3.8, 4) is 0 Å². The maximum atomic E-state index is 10.5. The van der Waals surface area contributed by atoms with E-state index >= 15 is 0 Å². The number of aliphatic hydroxyl groups excluding tert-OH is 4. The van der Waals surface area contributed by atoms with Gasteiger partial charge in [0, 0.05) is 24.8 Å². The Labute approximate surface area is 166 Å². The fourth-order valence-corrected chi connectivity index (χ4v) is 3.92. The zero-order chi connectivity index (χ0) is 20.5. The van der Waals surface area contributed by atoms with Gasteiger partial charge in [-0.15, -0.1) is 0 Å². The van der Waals surface area contributed by atoms with Gasteiger partial charge < -0.3 is 20.4 Å². The summed E-state index contributed by atoms with van der Waals surface area (Å²) < 4.78 is 8.29. The molecule has 0 aromatic heterocycles. The second-order valence-corrected chi connectivity index (χ2v) is 7.66. The largest absolute Gasteiger partial charge is 0.396 e. The van der Waals surface area contributed by atoms with Crippen LogP contribution in [-0.4, -0.2) is 45.3 Å². The lowest BCUT2D eigenvalue weighted by Crippen LogP contribution is -2.51. The molecule has 0 radical (unpaired) electrons. The van der Waals surface area contributed by atoms with Crippen molar-refractivity contribution in [2.24, 2.45) is 5.89 Å². The summed E-state index contributed by atoms with van der Waals surface area (Å²) in [6.07, 6.45) is -2.59. The third-order valence-corrected chi connectivity index (χ3v) is 5.88. The number of hydrogen-bond donors (Lipinski definition) is 4. The van der Waals surface area contributed by atoms with Crippen LogP contribution in [-0.2, 0) is 12.8 Å². The average Bonchev–Trinajstić information content (AvgIpc) is 2.71. The summed E-state index contributed by atoms with van der Waals surface area (Å²) in [4.78, 5) is 0. The molecule has 0 unspecified atom stereocenters. The molecule has 4 N–H and O–H groups in total. The van der Waals surface area contributed by atoms with Gasteiger partial charge in [-0.05, 0) is 47.6 Å². The van der Waals surface area contributed by atoms with E-state index in [2.05, 4.69) is 31.2 Å². The Balaban J connectivity index is 1.89. The first-order valence-electron chi connectivity index (χ1n) is 9.80. The van der Waals surface area contributed by atoms with Crippen molar-refractivity contribution in [1.82, 2.24) is 0 Å². The number of aliphatic hydroxyl groups is 4. The van der Waals surface area contributed by atoms with Gasteiger partial charge in [0.25, 0.3) is 0 Å². The second kappa shape index (κ2) is 8.72. The van der Waals surface area contributed by atoms with Crippen molar-refractivity contribution in [2.45, 2.75) is 50.4 Å². The predicted molar refractivity (Wildman–Crippen MR) is 106 cm³/mol. The van der Waals surface area contributed by atoms with E-state index in [-0.39, 0.29) is 6.42 Å². The summed E-state index contributed by atoms with van der Waals surface area (Å²) >= 11 is 6.39. The number of rotatable bonds is 5. The van der Waals surface area contributed by atoms with Gasteiger partial charge in [-0.2, -0.15) is 0 Å². The second-order valence-electron chi connectivity index (χ2n) is 7.25. The molecule has 27 heavy (non-hydrogen) atoms. The SMILES string of the molecule is [2H][C@]1(CO)C[C@@H](c2ccc(Cl)c(Cc3ccc(CC)cc3)c2)[C@H](O)[C@@H](O)[C@@H]1O. The van der Waals surface area contributed by atoms with Gasteiger partial charge in [-0.3, -0.25) is 0 Å². The molecule has 5 heteroatoms. The van der Waals surface area contributed by atoms with Crippen molar-refractivity contribution in [1.29, 1.82) is 0 Å². The molecule has 5 atom stereocenters. The molecule has 1 aliphatic rings. The summed E-state index contributed by atoms with van der Waals surface area (Å²) in [5, 5.41) is 40.9. The molecule has 1 saturated carbocycles. The monoisotopic (exact) mass is 391 g/mol. The average molecular weight is 392 g/mol. The lowest BCUT2D eigenvalue weighted by molar-refractivity contribution is -0.127. The lowest BCUT2D eigenvalue weighted by Gasteiger charge is -2.40. The van der Waals surface area contributed by atoms with Crippen LogP contribution in [0.15, 0.2) is 42.5 Å². The number of benzene rings is 2. The Morgan fingerprint density at radius 1 is 1.00 bits per heavy atom. The Morgan fingerprint density at radius 2 is 1.67 bits per heavy atom. The molecule has 1 aliphatic carbocycles. The minimum Gasteiger partial charge on any atom is -0.396 e. The van der Waals surface area contributed by atoms with Gasteiger partial charge in [-0.1, -0.05) is 54.9 Å². The molecule has 2 aromatic carbocycles. The van der Waals surface area contributed by atoms with Crippen molar-refractivity contribution < 1.29 is 21.8 Å². The molecule has 0 heterocycles. The van der Waals surface area contributed by atoms with Gasteiger partial charge >= 0.3 is 0 Å². The van der Waals surface area contributed by atoms with Gasteiger partial charge in [0.1, 0.15) is 6.10 Å². The van der Waals surface area contributed by atoms with Crippen molar-refractivity contribution in [2.75, 3.05) is 6.61 Å². The minimum atomic E-state index is -1.63. The Morgan fingerprint density at radius 3 is 2.30 bits per heavy atom. The van der Waals surface area contributed by atoms with Crippen LogP contribution >= 0.6 is 11.6 Å². The summed E-state index contributed by atoms with van der Waals surface area (Å²) in [7, 11) is 0. The first-order chi connectivity index (χ1) is 13.3. The first kappa shape index (κ1) is 18.9. The Kier molecular flexibility index (Phi) is 6.11. The van der Waals surface area contributed by atoms with Crippen LogP contribution in [0.1, 0.15) is 42.9 Å². The fourth-order valence-electron chi connectivity index (χ4n) is 3.74. The zero-order valence-corrected chi connectivity index (χ0v) is 16.1. The molecule has 0 amide bonds. The van der Waals surface area contributed by atoms with Gasteiger partial charge in [-0.25, -0.2) is 0 Å². The highest BCUT2D eigenvalue weighted by Crippen LogP contribution is 2.38. The summed E-state index contributed by atoms with van der Waals surface area (Å²) in [5.74, 6) is -2.21. The van der Waals surface area contributed by atoms with Crippen molar-refractivity contribution in [3.63, 3.8) is 0 Å². The van der Waals surface area contributed by atoms with Crippen LogP contribution in [0.2, 0.25) is 5.02 Å². The molecular weight excluding hydrogens is 364 g/mol. The third kappa shape index (κ3) is 4.36. The molecule has 2 aromatic rings. The van der Waals surface area contributed by atoms with Crippen molar-refractivity contribution >= 4 is 11.6 Å². The normalized spacial score (nSPS) is 31.6. The van der Waals surface area contributed by atoms with Crippen LogP contribution in [0.3, 0.4) is 0 Å². The molecule has 0 spiro atoms. The highest BCUT2D eigenvalue weighted by molar-refractivity contribution is 6.31. The van der Waals surface area contributed by atoms with E-state index in [9.17, 15) is 20.4 Å². The topological polar surface area (TPSA) is 80.9 Å². The maximum absolute atomic E-state index is 10.5. The van der Waals surface area contributed by atoms with Crippen LogP contribution < -0.4 is 0 Å². The highest BCUT2D eigenvalue weighted by Gasteiger charge is 2.42. The van der Waals surface area contributed by atoms with E-state index in [1.54, 1.807) is 12.1 Å². The summed E-state index contributed by atoms with van der Waals surface area (Å²) in [6.45, 7) is 1.51. The van der Waals surface area contributed by atoms with E-state index in [0.29, 0.717) is 11.4 Å².